The van der Waals surface area contributed by atoms with Crippen molar-refractivity contribution in [3.63, 3.8) is 0 Å². The van der Waals surface area contributed by atoms with Crippen molar-refractivity contribution in [2.24, 2.45) is 5.14 Å². The standard InChI is InChI=1S/C16H18Br2N2O3S/c1-23-16-14(17)8-12(9-15(16)18)10-20-7-6-11-2-4-13(5-3-11)24(19,21)22/h2-5,8-9,20H,6-7,10H2,1H3,(H2,19,21,22). The van der Waals surface area contributed by atoms with E-state index in [0.717, 1.165) is 45.3 Å². The van der Waals surface area contributed by atoms with E-state index >= 15 is 0 Å². The third-order valence-electron chi connectivity index (χ3n) is 3.43. The van der Waals surface area contributed by atoms with Crippen LogP contribution in [0.2, 0.25) is 0 Å². The van der Waals surface area contributed by atoms with Gasteiger partial charge in [-0.15, -0.1) is 0 Å². The maximum absolute atomic E-state index is 11.2. The maximum Gasteiger partial charge on any atom is 0.238 e. The summed E-state index contributed by atoms with van der Waals surface area (Å²) in [5.41, 5.74) is 2.17. The molecule has 0 fully saturated rings. The van der Waals surface area contributed by atoms with Crippen molar-refractivity contribution in [1.82, 2.24) is 5.32 Å². The maximum atomic E-state index is 11.2. The third-order valence-corrected chi connectivity index (χ3v) is 5.54. The van der Waals surface area contributed by atoms with Gasteiger partial charge in [0.15, 0.2) is 0 Å². The van der Waals surface area contributed by atoms with E-state index in [1.165, 1.54) is 12.1 Å². The second-order valence-electron chi connectivity index (χ2n) is 5.21. The number of benzene rings is 2. The summed E-state index contributed by atoms with van der Waals surface area (Å²) in [6.07, 6.45) is 0.795. The molecule has 2 rings (SSSR count). The Morgan fingerprint density at radius 1 is 1.08 bits per heavy atom. The van der Waals surface area contributed by atoms with Gasteiger partial charge >= 0.3 is 0 Å². The topological polar surface area (TPSA) is 81.4 Å². The zero-order valence-corrected chi connectivity index (χ0v) is 17.0. The van der Waals surface area contributed by atoms with Crippen LogP contribution < -0.4 is 15.2 Å². The Morgan fingerprint density at radius 2 is 1.67 bits per heavy atom. The molecule has 130 valence electrons. The van der Waals surface area contributed by atoms with E-state index in [1.54, 1.807) is 19.2 Å². The fourth-order valence-electron chi connectivity index (χ4n) is 2.22. The number of methoxy groups -OCH3 is 1. The highest BCUT2D eigenvalue weighted by Crippen LogP contribution is 2.34. The highest BCUT2D eigenvalue weighted by atomic mass is 79.9. The molecule has 0 aliphatic carbocycles. The quantitative estimate of drug-likeness (QED) is 0.600. The molecule has 0 saturated carbocycles. The number of hydrogen-bond acceptors (Lipinski definition) is 4. The van der Waals surface area contributed by atoms with Gasteiger partial charge in [-0.2, -0.15) is 0 Å². The molecule has 2 aromatic carbocycles. The van der Waals surface area contributed by atoms with Crippen molar-refractivity contribution in [3.8, 4) is 5.75 Å². The van der Waals surface area contributed by atoms with Gasteiger partial charge in [0, 0.05) is 6.54 Å². The molecule has 0 aliphatic heterocycles. The van der Waals surface area contributed by atoms with Gasteiger partial charge in [0.05, 0.1) is 21.0 Å². The first-order valence-electron chi connectivity index (χ1n) is 7.15. The molecule has 0 unspecified atom stereocenters. The predicted molar refractivity (Wildman–Crippen MR) is 102 cm³/mol. The van der Waals surface area contributed by atoms with Crippen LogP contribution in [0.4, 0.5) is 0 Å². The first-order chi connectivity index (χ1) is 11.3. The molecule has 0 bridgehead atoms. The zero-order chi connectivity index (χ0) is 17.7. The smallest absolute Gasteiger partial charge is 0.238 e. The lowest BCUT2D eigenvalue weighted by molar-refractivity contribution is 0.409. The second-order valence-corrected chi connectivity index (χ2v) is 8.48. The highest BCUT2D eigenvalue weighted by molar-refractivity contribution is 9.11. The Morgan fingerprint density at radius 3 is 2.17 bits per heavy atom. The van der Waals surface area contributed by atoms with Crippen LogP contribution in [0.5, 0.6) is 5.75 Å². The molecule has 0 aliphatic rings. The minimum absolute atomic E-state index is 0.132. The van der Waals surface area contributed by atoms with Gasteiger partial charge in [-0.1, -0.05) is 12.1 Å². The molecule has 0 amide bonds. The van der Waals surface area contributed by atoms with Crippen LogP contribution in [-0.2, 0) is 23.0 Å². The SMILES string of the molecule is COc1c(Br)cc(CNCCc2ccc(S(N)(=O)=O)cc2)cc1Br. The van der Waals surface area contributed by atoms with Crippen LogP contribution in [0, 0.1) is 0 Å². The van der Waals surface area contributed by atoms with Crippen LogP contribution in [0.25, 0.3) is 0 Å². The van der Waals surface area contributed by atoms with Crippen LogP contribution in [0.3, 0.4) is 0 Å². The van der Waals surface area contributed by atoms with Crippen molar-refractivity contribution in [1.29, 1.82) is 0 Å². The van der Waals surface area contributed by atoms with Crippen molar-refractivity contribution < 1.29 is 13.2 Å². The minimum Gasteiger partial charge on any atom is -0.494 e. The molecule has 0 spiro atoms. The van der Waals surface area contributed by atoms with Crippen LogP contribution >= 0.6 is 31.9 Å². The molecule has 3 N–H and O–H groups in total. The third kappa shape index (κ3) is 5.29. The van der Waals surface area contributed by atoms with Crippen LogP contribution in [0.1, 0.15) is 11.1 Å². The molecular weight excluding hydrogens is 460 g/mol. The summed E-state index contributed by atoms with van der Waals surface area (Å²) in [5.74, 6) is 0.772. The first-order valence-corrected chi connectivity index (χ1v) is 10.3. The van der Waals surface area contributed by atoms with Gasteiger partial charge in [-0.25, -0.2) is 13.6 Å². The van der Waals surface area contributed by atoms with Crippen molar-refractivity contribution in [3.05, 3.63) is 56.5 Å². The van der Waals surface area contributed by atoms with Crippen LogP contribution in [-0.4, -0.2) is 22.1 Å². The molecule has 0 heterocycles. The lowest BCUT2D eigenvalue weighted by Gasteiger charge is -2.10. The number of nitrogens with two attached hydrogens (primary N) is 1. The van der Waals surface area contributed by atoms with E-state index in [4.69, 9.17) is 9.88 Å². The number of sulfonamides is 1. The molecule has 0 atom stereocenters. The fourth-order valence-corrected chi connectivity index (χ4v) is 4.34. The molecule has 24 heavy (non-hydrogen) atoms. The molecule has 8 heteroatoms. The Labute approximate surface area is 158 Å². The normalized spacial score (nSPS) is 11.5. The molecular formula is C16H18Br2N2O3S. The van der Waals surface area contributed by atoms with E-state index < -0.39 is 10.0 Å². The molecule has 0 saturated heterocycles. The molecule has 0 aromatic heterocycles. The number of halogens is 2. The Bertz CT molecular complexity index is 786. The van der Waals surface area contributed by atoms with Crippen molar-refractivity contribution >= 4 is 41.9 Å². The van der Waals surface area contributed by atoms with E-state index in [2.05, 4.69) is 37.2 Å². The number of primary sulfonamides is 1. The first kappa shape index (κ1) is 19.4. The second kappa shape index (κ2) is 8.44. The van der Waals surface area contributed by atoms with Gasteiger partial charge in [-0.05, 0) is 80.2 Å². The largest absolute Gasteiger partial charge is 0.494 e. The number of hydrogen-bond donors (Lipinski definition) is 2. The lowest BCUT2D eigenvalue weighted by atomic mass is 10.1. The average molecular weight is 478 g/mol. The lowest BCUT2D eigenvalue weighted by Crippen LogP contribution is -2.17. The summed E-state index contributed by atoms with van der Waals surface area (Å²) >= 11 is 6.97. The van der Waals surface area contributed by atoms with Gasteiger partial charge < -0.3 is 10.1 Å². The number of nitrogens with one attached hydrogen (secondary N) is 1. The summed E-state index contributed by atoms with van der Waals surface area (Å²) in [7, 11) is -2.00. The summed E-state index contributed by atoms with van der Waals surface area (Å²) in [6, 6.07) is 10.6. The minimum atomic E-state index is -3.63. The molecule has 0 radical (unpaired) electrons. The van der Waals surface area contributed by atoms with Gasteiger partial charge in [0.1, 0.15) is 5.75 Å². The summed E-state index contributed by atoms with van der Waals surface area (Å²) in [4.78, 5) is 0.132. The van der Waals surface area contributed by atoms with Crippen LogP contribution in [0.15, 0.2) is 50.2 Å². The van der Waals surface area contributed by atoms with E-state index in [9.17, 15) is 8.42 Å². The number of ether oxygens (including phenoxy) is 1. The highest BCUT2D eigenvalue weighted by Gasteiger charge is 2.08. The van der Waals surface area contributed by atoms with Gasteiger partial charge in [0.25, 0.3) is 0 Å². The van der Waals surface area contributed by atoms with Crippen molar-refractivity contribution in [2.45, 2.75) is 17.9 Å². The van der Waals surface area contributed by atoms with Gasteiger partial charge in [-0.3, -0.25) is 0 Å². The van der Waals surface area contributed by atoms with Crippen molar-refractivity contribution in [2.75, 3.05) is 13.7 Å². The fraction of sp³-hybridized carbons (Fsp3) is 0.250. The summed E-state index contributed by atoms with van der Waals surface area (Å²) in [6.45, 7) is 1.49. The molecule has 2 aromatic rings. The predicted octanol–water partition coefficient (Wildman–Crippen LogP) is 3.20. The zero-order valence-electron chi connectivity index (χ0n) is 13.1. The van der Waals surface area contributed by atoms with E-state index in [-0.39, 0.29) is 4.90 Å². The Balaban J connectivity index is 1.87. The summed E-state index contributed by atoms with van der Waals surface area (Å²) < 4.78 is 29.5. The summed E-state index contributed by atoms with van der Waals surface area (Å²) in [5, 5.41) is 8.44. The van der Waals surface area contributed by atoms with Gasteiger partial charge in [0.2, 0.25) is 10.0 Å². The van der Waals surface area contributed by atoms with E-state index in [0.29, 0.717) is 0 Å². The molecule has 5 nitrogen and oxygen atoms in total. The Hall–Kier alpha value is -0.930. The Kier molecular flexibility index (Phi) is 6.82. The number of rotatable bonds is 7. The van der Waals surface area contributed by atoms with E-state index in [1.807, 2.05) is 12.1 Å². The average Bonchev–Trinajstić information content (AvgIpc) is 2.51. The monoisotopic (exact) mass is 476 g/mol.